The SMILES string of the molecule is CCC(=O)Nc1ccc(NC(=O)CN2CCOCC2)nc1. The highest BCUT2D eigenvalue weighted by molar-refractivity contribution is 5.92. The fraction of sp³-hybridized carbons (Fsp3) is 0.500. The smallest absolute Gasteiger partial charge is 0.239 e. The van der Waals surface area contributed by atoms with Crippen LogP contribution in [0, 0.1) is 0 Å². The van der Waals surface area contributed by atoms with Gasteiger partial charge >= 0.3 is 0 Å². The van der Waals surface area contributed by atoms with Crippen LogP contribution in [0.2, 0.25) is 0 Å². The van der Waals surface area contributed by atoms with Gasteiger partial charge in [-0.25, -0.2) is 4.98 Å². The molecule has 1 aliphatic rings. The van der Waals surface area contributed by atoms with Crippen molar-refractivity contribution in [2.24, 2.45) is 0 Å². The number of aromatic nitrogens is 1. The molecule has 0 spiro atoms. The maximum atomic E-state index is 11.9. The number of hydrogen-bond donors (Lipinski definition) is 2. The molecule has 2 N–H and O–H groups in total. The number of carbonyl (C=O) groups excluding carboxylic acids is 2. The van der Waals surface area contributed by atoms with E-state index >= 15 is 0 Å². The van der Waals surface area contributed by atoms with E-state index in [4.69, 9.17) is 4.74 Å². The van der Waals surface area contributed by atoms with Gasteiger partial charge < -0.3 is 15.4 Å². The van der Waals surface area contributed by atoms with E-state index in [2.05, 4.69) is 15.6 Å². The van der Waals surface area contributed by atoms with E-state index in [9.17, 15) is 9.59 Å². The molecular weight excluding hydrogens is 272 g/mol. The molecule has 1 aliphatic heterocycles. The van der Waals surface area contributed by atoms with Crippen molar-refractivity contribution in [3.63, 3.8) is 0 Å². The van der Waals surface area contributed by atoms with E-state index < -0.39 is 0 Å². The van der Waals surface area contributed by atoms with E-state index in [1.54, 1.807) is 19.1 Å². The Labute approximate surface area is 123 Å². The van der Waals surface area contributed by atoms with Crippen molar-refractivity contribution in [2.75, 3.05) is 43.5 Å². The Morgan fingerprint density at radius 2 is 2.00 bits per heavy atom. The molecule has 0 atom stereocenters. The minimum absolute atomic E-state index is 0.0686. The first-order chi connectivity index (χ1) is 10.2. The molecule has 0 aliphatic carbocycles. The number of nitrogens with one attached hydrogen (secondary N) is 2. The second kappa shape index (κ2) is 7.70. The number of anilines is 2. The first kappa shape index (κ1) is 15.4. The van der Waals surface area contributed by atoms with Crippen LogP contribution in [0.15, 0.2) is 18.3 Å². The summed E-state index contributed by atoms with van der Waals surface area (Å²) in [6.07, 6.45) is 1.94. The summed E-state index contributed by atoms with van der Waals surface area (Å²) in [5.41, 5.74) is 0.619. The van der Waals surface area contributed by atoms with Gasteiger partial charge in [0.05, 0.1) is 31.6 Å². The van der Waals surface area contributed by atoms with Crippen LogP contribution in [-0.2, 0) is 14.3 Å². The van der Waals surface area contributed by atoms with Crippen LogP contribution >= 0.6 is 0 Å². The van der Waals surface area contributed by atoms with Crippen LogP contribution in [0.1, 0.15) is 13.3 Å². The Morgan fingerprint density at radius 1 is 1.24 bits per heavy atom. The minimum atomic E-state index is -0.102. The molecule has 0 aromatic carbocycles. The average Bonchev–Trinajstić information content (AvgIpc) is 2.50. The first-order valence-corrected chi connectivity index (χ1v) is 7.03. The number of pyridine rings is 1. The predicted octanol–water partition coefficient (Wildman–Crippen LogP) is 0.701. The second-order valence-electron chi connectivity index (χ2n) is 4.77. The van der Waals surface area contributed by atoms with Gasteiger partial charge in [0.1, 0.15) is 5.82 Å². The van der Waals surface area contributed by atoms with Crippen LogP contribution < -0.4 is 10.6 Å². The van der Waals surface area contributed by atoms with Gasteiger partial charge in [-0.15, -0.1) is 0 Å². The van der Waals surface area contributed by atoms with Gasteiger partial charge in [0, 0.05) is 19.5 Å². The number of carbonyl (C=O) groups is 2. The first-order valence-electron chi connectivity index (χ1n) is 7.03. The van der Waals surface area contributed by atoms with Gasteiger partial charge in [0.15, 0.2) is 0 Å². The molecule has 1 fully saturated rings. The summed E-state index contributed by atoms with van der Waals surface area (Å²) in [5.74, 6) is 0.304. The van der Waals surface area contributed by atoms with Crippen LogP contribution in [0.3, 0.4) is 0 Å². The molecule has 1 aromatic rings. The molecular formula is C14H20N4O3. The fourth-order valence-corrected chi connectivity index (χ4v) is 1.94. The zero-order chi connectivity index (χ0) is 15.1. The quantitative estimate of drug-likeness (QED) is 0.834. The summed E-state index contributed by atoms with van der Waals surface area (Å²) in [5, 5.41) is 5.44. The van der Waals surface area contributed by atoms with Crippen molar-refractivity contribution < 1.29 is 14.3 Å². The number of nitrogens with zero attached hydrogens (tertiary/aromatic N) is 2. The third kappa shape index (κ3) is 5.13. The molecule has 0 bridgehead atoms. The van der Waals surface area contributed by atoms with Gasteiger partial charge in [0.2, 0.25) is 11.8 Å². The average molecular weight is 292 g/mol. The lowest BCUT2D eigenvalue weighted by molar-refractivity contribution is -0.118. The Morgan fingerprint density at radius 3 is 2.62 bits per heavy atom. The van der Waals surface area contributed by atoms with E-state index in [0.29, 0.717) is 37.7 Å². The zero-order valence-corrected chi connectivity index (χ0v) is 12.1. The largest absolute Gasteiger partial charge is 0.379 e. The highest BCUT2D eigenvalue weighted by atomic mass is 16.5. The molecule has 1 aromatic heterocycles. The summed E-state index contributed by atoms with van der Waals surface area (Å²) in [6, 6.07) is 3.38. The van der Waals surface area contributed by atoms with Gasteiger partial charge in [-0.1, -0.05) is 6.92 Å². The summed E-state index contributed by atoms with van der Waals surface area (Å²) in [4.78, 5) is 29.3. The second-order valence-corrected chi connectivity index (χ2v) is 4.77. The van der Waals surface area contributed by atoms with Gasteiger partial charge in [0.25, 0.3) is 0 Å². The summed E-state index contributed by atoms with van der Waals surface area (Å²) >= 11 is 0. The number of rotatable bonds is 5. The number of hydrogen-bond acceptors (Lipinski definition) is 5. The highest BCUT2D eigenvalue weighted by Gasteiger charge is 2.14. The lowest BCUT2D eigenvalue weighted by atomic mass is 10.3. The van der Waals surface area contributed by atoms with E-state index in [1.165, 1.54) is 6.20 Å². The lowest BCUT2D eigenvalue weighted by Crippen LogP contribution is -2.41. The maximum Gasteiger partial charge on any atom is 0.239 e. The van der Waals surface area contributed by atoms with Crippen molar-refractivity contribution >= 4 is 23.3 Å². The summed E-state index contributed by atoms with van der Waals surface area (Å²) in [6.45, 7) is 4.97. The van der Waals surface area contributed by atoms with Crippen LogP contribution in [0.25, 0.3) is 0 Å². The lowest BCUT2D eigenvalue weighted by Gasteiger charge is -2.25. The van der Waals surface area contributed by atoms with Crippen molar-refractivity contribution in [3.8, 4) is 0 Å². The zero-order valence-electron chi connectivity index (χ0n) is 12.1. The molecule has 2 rings (SSSR count). The number of morpholine rings is 1. The molecule has 2 amide bonds. The molecule has 21 heavy (non-hydrogen) atoms. The molecule has 7 nitrogen and oxygen atoms in total. The van der Waals surface area contributed by atoms with Crippen molar-refractivity contribution in [2.45, 2.75) is 13.3 Å². The normalized spacial score (nSPS) is 15.5. The molecule has 2 heterocycles. The summed E-state index contributed by atoms with van der Waals surface area (Å²) in [7, 11) is 0. The van der Waals surface area contributed by atoms with E-state index in [-0.39, 0.29) is 11.8 Å². The number of amides is 2. The minimum Gasteiger partial charge on any atom is -0.379 e. The maximum absolute atomic E-state index is 11.9. The summed E-state index contributed by atoms with van der Waals surface area (Å²) < 4.78 is 5.23. The van der Waals surface area contributed by atoms with Crippen molar-refractivity contribution in [3.05, 3.63) is 18.3 Å². The monoisotopic (exact) mass is 292 g/mol. The van der Waals surface area contributed by atoms with Gasteiger partial charge in [-0.2, -0.15) is 0 Å². The van der Waals surface area contributed by atoms with Crippen LogP contribution in [-0.4, -0.2) is 54.5 Å². The third-order valence-electron chi connectivity index (χ3n) is 3.11. The molecule has 0 saturated carbocycles. The Bertz CT molecular complexity index is 483. The van der Waals surface area contributed by atoms with E-state index in [0.717, 1.165) is 13.1 Å². The van der Waals surface area contributed by atoms with Crippen LogP contribution in [0.4, 0.5) is 11.5 Å². The Balaban J connectivity index is 1.81. The predicted molar refractivity (Wildman–Crippen MR) is 79.0 cm³/mol. The van der Waals surface area contributed by atoms with Crippen molar-refractivity contribution in [1.82, 2.24) is 9.88 Å². The molecule has 1 saturated heterocycles. The molecule has 7 heteroatoms. The third-order valence-corrected chi connectivity index (χ3v) is 3.11. The number of ether oxygens (including phenoxy) is 1. The van der Waals surface area contributed by atoms with Crippen LogP contribution in [0.5, 0.6) is 0 Å². The highest BCUT2D eigenvalue weighted by Crippen LogP contribution is 2.10. The Hall–Kier alpha value is -1.99. The van der Waals surface area contributed by atoms with Gasteiger partial charge in [-0.05, 0) is 12.1 Å². The van der Waals surface area contributed by atoms with Gasteiger partial charge in [-0.3, -0.25) is 14.5 Å². The molecule has 114 valence electrons. The van der Waals surface area contributed by atoms with E-state index in [1.807, 2.05) is 4.90 Å². The molecule has 0 radical (unpaired) electrons. The van der Waals surface area contributed by atoms with Crippen molar-refractivity contribution in [1.29, 1.82) is 0 Å². The fourth-order valence-electron chi connectivity index (χ4n) is 1.94. The Kier molecular flexibility index (Phi) is 5.65. The topological polar surface area (TPSA) is 83.6 Å². The standard InChI is InChI=1S/C14H20N4O3/c1-2-13(19)16-11-3-4-12(15-9-11)17-14(20)10-18-5-7-21-8-6-18/h3-4,9H,2,5-8,10H2,1H3,(H,16,19)(H,15,17,20). The molecule has 0 unspecified atom stereocenters.